The largest absolute Gasteiger partial charge is 0.319 e. The fourth-order valence-corrected chi connectivity index (χ4v) is 1.35. The van der Waals surface area contributed by atoms with Crippen LogP contribution in [0.15, 0.2) is 24.8 Å². The molecule has 0 amide bonds. The van der Waals surface area contributed by atoms with Crippen LogP contribution in [0.1, 0.15) is 27.7 Å². The molecule has 13 heavy (non-hydrogen) atoms. The monoisotopic (exact) mass is 181 g/mol. The molecule has 1 nitrogen and oxygen atoms in total. The lowest BCUT2D eigenvalue weighted by molar-refractivity contribution is 0.156. The number of hydrogen-bond acceptors (Lipinski definition) is 1. The third kappa shape index (κ3) is 2.44. The van der Waals surface area contributed by atoms with Crippen LogP contribution in [0.4, 0.5) is 0 Å². The topological polar surface area (TPSA) is 12.0 Å². The highest BCUT2D eigenvalue weighted by molar-refractivity contribution is 5.23. The van der Waals surface area contributed by atoms with Crippen molar-refractivity contribution in [3.8, 4) is 0 Å². The summed E-state index contributed by atoms with van der Waals surface area (Å²) >= 11 is 0. The molecule has 0 saturated carbocycles. The van der Waals surface area contributed by atoms with E-state index in [9.17, 15) is 0 Å². The lowest BCUT2D eigenvalue weighted by Gasteiger charge is -2.42. The average Bonchev–Trinajstić information content (AvgIpc) is 2.02. The maximum Gasteiger partial charge on any atom is 0.000784 e. The van der Waals surface area contributed by atoms with Crippen molar-refractivity contribution in [2.24, 2.45) is 10.8 Å². The fraction of sp³-hybridized carbons (Fsp3) is 0.667. The summed E-state index contributed by atoms with van der Waals surface area (Å²) in [5, 5.41) is 3.22. The van der Waals surface area contributed by atoms with Gasteiger partial charge < -0.3 is 5.32 Å². The van der Waals surface area contributed by atoms with Gasteiger partial charge in [0.1, 0.15) is 0 Å². The van der Waals surface area contributed by atoms with E-state index in [2.05, 4.69) is 46.2 Å². The van der Waals surface area contributed by atoms with Gasteiger partial charge in [0.15, 0.2) is 0 Å². The molecule has 0 aromatic carbocycles. The molecule has 0 spiro atoms. The molecule has 0 atom stereocenters. The van der Waals surface area contributed by atoms with E-state index in [0.717, 1.165) is 12.1 Å². The van der Waals surface area contributed by atoms with E-state index in [1.807, 2.05) is 13.1 Å². The van der Waals surface area contributed by atoms with Crippen molar-refractivity contribution in [1.29, 1.82) is 0 Å². The predicted molar refractivity (Wildman–Crippen MR) is 60.8 cm³/mol. The summed E-state index contributed by atoms with van der Waals surface area (Å²) in [6.45, 7) is 17.7. The molecule has 0 fully saturated rings. The van der Waals surface area contributed by atoms with E-state index in [0.29, 0.717) is 0 Å². The molecular weight excluding hydrogens is 158 g/mol. The van der Waals surface area contributed by atoms with E-state index in [4.69, 9.17) is 0 Å². The second-order valence-electron chi connectivity index (χ2n) is 4.77. The quantitative estimate of drug-likeness (QED) is 0.643. The highest BCUT2D eigenvalue weighted by atomic mass is 14.8. The number of rotatable bonds is 5. The summed E-state index contributed by atoms with van der Waals surface area (Å²) in [4.78, 5) is 0. The van der Waals surface area contributed by atoms with Gasteiger partial charge >= 0.3 is 0 Å². The van der Waals surface area contributed by atoms with E-state index in [-0.39, 0.29) is 10.8 Å². The molecule has 1 heteroatoms. The van der Waals surface area contributed by atoms with Crippen LogP contribution in [-0.2, 0) is 0 Å². The Kier molecular flexibility index (Phi) is 3.92. The molecule has 0 radical (unpaired) electrons. The number of nitrogens with one attached hydrogen (secondary N) is 1. The lowest BCUT2D eigenvalue weighted by Crippen LogP contribution is -2.40. The molecule has 0 aliphatic carbocycles. The Balaban J connectivity index is 4.78. The zero-order valence-corrected chi connectivity index (χ0v) is 9.70. The molecule has 0 unspecified atom stereocenters. The van der Waals surface area contributed by atoms with Crippen LogP contribution >= 0.6 is 0 Å². The Bertz CT molecular complexity index is 199. The van der Waals surface area contributed by atoms with Gasteiger partial charge in [0.05, 0.1) is 0 Å². The Hall–Kier alpha value is -0.560. The van der Waals surface area contributed by atoms with E-state index in [1.54, 1.807) is 0 Å². The maximum atomic E-state index is 4.05. The Morgan fingerprint density at radius 2 is 1.77 bits per heavy atom. The van der Waals surface area contributed by atoms with Gasteiger partial charge in [-0.25, -0.2) is 0 Å². The fourth-order valence-electron chi connectivity index (χ4n) is 1.35. The summed E-state index contributed by atoms with van der Waals surface area (Å²) in [5.74, 6) is 0. The van der Waals surface area contributed by atoms with Gasteiger partial charge in [-0.3, -0.25) is 0 Å². The third-order valence-corrected chi connectivity index (χ3v) is 3.36. The zero-order valence-electron chi connectivity index (χ0n) is 9.70. The van der Waals surface area contributed by atoms with Crippen LogP contribution < -0.4 is 5.32 Å². The molecule has 0 heterocycles. The Morgan fingerprint density at radius 1 is 1.31 bits per heavy atom. The predicted octanol–water partition coefficient (Wildman–Crippen LogP) is 3.00. The summed E-state index contributed by atoms with van der Waals surface area (Å²) < 4.78 is 0. The molecule has 0 bridgehead atoms. The van der Waals surface area contributed by atoms with Crippen molar-refractivity contribution < 1.29 is 0 Å². The molecule has 0 rings (SSSR count). The smallest absolute Gasteiger partial charge is 0.000784 e. The van der Waals surface area contributed by atoms with Crippen LogP contribution in [0.3, 0.4) is 0 Å². The summed E-state index contributed by atoms with van der Waals surface area (Å²) in [6, 6.07) is 0. The van der Waals surface area contributed by atoms with Gasteiger partial charge in [-0.2, -0.15) is 0 Å². The first-order valence-electron chi connectivity index (χ1n) is 4.76. The first-order chi connectivity index (χ1) is 5.79. The van der Waals surface area contributed by atoms with Crippen LogP contribution in [0.25, 0.3) is 0 Å². The van der Waals surface area contributed by atoms with Crippen molar-refractivity contribution in [3.05, 3.63) is 24.8 Å². The maximum absolute atomic E-state index is 4.05. The second-order valence-corrected chi connectivity index (χ2v) is 4.77. The van der Waals surface area contributed by atoms with Gasteiger partial charge in [0.2, 0.25) is 0 Å². The Labute approximate surface area is 82.9 Å². The number of allylic oxidation sites excluding steroid dienone is 2. The highest BCUT2D eigenvalue weighted by Gasteiger charge is 2.37. The van der Waals surface area contributed by atoms with Gasteiger partial charge in [0.25, 0.3) is 0 Å². The van der Waals surface area contributed by atoms with Gasteiger partial charge in [-0.15, -0.1) is 0 Å². The molecule has 0 aromatic heterocycles. The zero-order chi connectivity index (χ0) is 10.7. The first-order valence-corrected chi connectivity index (χ1v) is 4.76. The van der Waals surface area contributed by atoms with Crippen molar-refractivity contribution in [1.82, 2.24) is 5.32 Å². The summed E-state index contributed by atoms with van der Waals surface area (Å²) in [7, 11) is 1.98. The number of hydrogen-bond donors (Lipinski definition) is 1. The second kappa shape index (κ2) is 4.10. The van der Waals surface area contributed by atoms with Gasteiger partial charge in [-0.1, -0.05) is 46.9 Å². The first kappa shape index (κ1) is 12.4. The molecule has 0 aliphatic rings. The standard InChI is InChI=1S/C12H23N/c1-8-10(2)12(5,6)11(3,4)9-13-7/h8,13H,1-2,9H2,3-7H3. The molecule has 1 N–H and O–H groups in total. The molecule has 0 aliphatic heterocycles. The van der Waals surface area contributed by atoms with Gasteiger partial charge in [0, 0.05) is 6.54 Å². The minimum Gasteiger partial charge on any atom is -0.319 e. The van der Waals surface area contributed by atoms with E-state index < -0.39 is 0 Å². The van der Waals surface area contributed by atoms with Crippen LogP contribution in [0, 0.1) is 10.8 Å². The van der Waals surface area contributed by atoms with Crippen molar-refractivity contribution in [2.75, 3.05) is 13.6 Å². The minimum atomic E-state index is 0.0811. The average molecular weight is 181 g/mol. The highest BCUT2D eigenvalue weighted by Crippen LogP contribution is 2.43. The van der Waals surface area contributed by atoms with Crippen molar-refractivity contribution in [2.45, 2.75) is 27.7 Å². The van der Waals surface area contributed by atoms with Crippen LogP contribution in [0.2, 0.25) is 0 Å². The van der Waals surface area contributed by atoms with Crippen molar-refractivity contribution >= 4 is 0 Å². The third-order valence-electron chi connectivity index (χ3n) is 3.36. The molecular formula is C12H23N. The SMILES string of the molecule is C=CC(=C)C(C)(C)C(C)(C)CNC. The molecule has 0 aromatic rings. The van der Waals surface area contributed by atoms with Crippen LogP contribution in [-0.4, -0.2) is 13.6 Å². The molecule has 76 valence electrons. The Morgan fingerprint density at radius 3 is 2.08 bits per heavy atom. The normalized spacial score (nSPS) is 12.7. The summed E-state index contributed by atoms with van der Waals surface area (Å²) in [5.41, 5.74) is 1.37. The van der Waals surface area contributed by atoms with Crippen molar-refractivity contribution in [3.63, 3.8) is 0 Å². The lowest BCUT2D eigenvalue weighted by atomic mass is 9.64. The summed E-state index contributed by atoms with van der Waals surface area (Å²) in [6.07, 6.45) is 1.86. The minimum absolute atomic E-state index is 0.0811. The van der Waals surface area contributed by atoms with Crippen LogP contribution in [0.5, 0.6) is 0 Å². The van der Waals surface area contributed by atoms with Gasteiger partial charge in [-0.05, 0) is 23.5 Å². The van der Waals surface area contributed by atoms with E-state index >= 15 is 0 Å². The molecule has 0 saturated heterocycles. The van der Waals surface area contributed by atoms with E-state index in [1.165, 1.54) is 0 Å².